The Morgan fingerprint density at radius 1 is 1.12 bits per heavy atom. The third kappa shape index (κ3) is 3.64. The summed E-state index contributed by atoms with van der Waals surface area (Å²) in [5.74, 6) is -0.212. The highest BCUT2D eigenvalue weighted by molar-refractivity contribution is 5.92. The van der Waals surface area contributed by atoms with Crippen LogP contribution in [0.2, 0.25) is 0 Å². The fourth-order valence-corrected chi connectivity index (χ4v) is 2.23. The van der Waals surface area contributed by atoms with Gasteiger partial charge in [-0.25, -0.2) is 4.68 Å². The maximum absolute atomic E-state index is 12.1. The second-order valence-corrected chi connectivity index (χ2v) is 5.16. The molecule has 0 bridgehead atoms. The minimum Gasteiger partial charge on any atom is -0.326 e. The van der Waals surface area contributed by atoms with E-state index < -0.39 is 4.92 Å². The van der Waals surface area contributed by atoms with Crippen LogP contribution < -0.4 is 5.32 Å². The molecule has 1 N–H and O–H groups in total. The van der Waals surface area contributed by atoms with Gasteiger partial charge in [-0.1, -0.05) is 18.2 Å². The minimum absolute atomic E-state index is 0.0165. The minimum atomic E-state index is -0.483. The number of hydrogen-bond acceptors (Lipinski definition) is 4. The third-order valence-electron chi connectivity index (χ3n) is 3.38. The number of aromatic nitrogens is 2. The zero-order valence-corrected chi connectivity index (χ0v) is 12.6. The van der Waals surface area contributed by atoms with E-state index in [0.717, 1.165) is 11.3 Å². The van der Waals surface area contributed by atoms with Crippen molar-refractivity contribution in [1.82, 2.24) is 9.78 Å². The first-order valence-electron chi connectivity index (χ1n) is 7.25. The summed E-state index contributed by atoms with van der Waals surface area (Å²) in [6, 6.07) is 15.3. The molecule has 3 rings (SSSR count). The molecule has 1 heterocycles. The lowest BCUT2D eigenvalue weighted by Crippen LogP contribution is -2.14. The maximum Gasteiger partial charge on any atom is 0.269 e. The van der Waals surface area contributed by atoms with E-state index in [2.05, 4.69) is 10.4 Å². The van der Waals surface area contributed by atoms with Crippen LogP contribution in [0.1, 0.15) is 5.56 Å². The number of benzene rings is 2. The van der Waals surface area contributed by atoms with Crippen molar-refractivity contribution < 1.29 is 9.72 Å². The molecule has 3 aromatic rings. The molecule has 1 amide bonds. The van der Waals surface area contributed by atoms with Crippen LogP contribution in [0.4, 0.5) is 11.4 Å². The lowest BCUT2D eigenvalue weighted by atomic mass is 10.2. The second-order valence-electron chi connectivity index (χ2n) is 5.16. The molecular weight excluding hydrogens is 308 g/mol. The number of amides is 1. The van der Waals surface area contributed by atoms with Gasteiger partial charge >= 0.3 is 0 Å². The molecule has 7 nitrogen and oxygen atoms in total. The van der Waals surface area contributed by atoms with Crippen molar-refractivity contribution in [2.75, 3.05) is 5.32 Å². The van der Waals surface area contributed by atoms with Gasteiger partial charge in [0.25, 0.3) is 5.69 Å². The molecule has 0 aliphatic heterocycles. The molecule has 0 saturated heterocycles. The van der Waals surface area contributed by atoms with E-state index in [1.54, 1.807) is 17.1 Å². The van der Waals surface area contributed by atoms with E-state index in [1.807, 2.05) is 30.3 Å². The van der Waals surface area contributed by atoms with Gasteiger partial charge < -0.3 is 5.32 Å². The summed E-state index contributed by atoms with van der Waals surface area (Å²) in [7, 11) is 0. The number of hydrogen-bond donors (Lipinski definition) is 1. The number of non-ortho nitro benzene ring substituents is 1. The van der Waals surface area contributed by atoms with Crippen molar-refractivity contribution in [2.24, 2.45) is 0 Å². The van der Waals surface area contributed by atoms with Gasteiger partial charge in [0.15, 0.2) is 0 Å². The van der Waals surface area contributed by atoms with E-state index in [4.69, 9.17) is 0 Å². The summed E-state index contributed by atoms with van der Waals surface area (Å²) < 4.78 is 1.70. The number of anilines is 1. The molecule has 0 fully saturated rings. The summed E-state index contributed by atoms with van der Waals surface area (Å²) in [5, 5.41) is 17.6. The van der Waals surface area contributed by atoms with Gasteiger partial charge in [-0.2, -0.15) is 5.10 Å². The predicted octanol–water partition coefficient (Wildman–Crippen LogP) is 2.96. The average molecular weight is 322 g/mol. The van der Waals surface area contributed by atoms with E-state index in [1.165, 1.54) is 24.3 Å². The Bertz CT molecular complexity index is 857. The Morgan fingerprint density at radius 2 is 1.83 bits per heavy atom. The SMILES string of the molecule is O=C(Cc1cnn(-c2ccccc2)c1)Nc1ccc([N+](=O)[O-])cc1. The third-order valence-corrected chi connectivity index (χ3v) is 3.38. The Hall–Kier alpha value is -3.48. The number of carbonyl (C=O) groups is 1. The van der Waals surface area contributed by atoms with Crippen LogP contribution in [0.3, 0.4) is 0 Å². The van der Waals surface area contributed by atoms with Gasteiger partial charge in [0.1, 0.15) is 0 Å². The van der Waals surface area contributed by atoms with Crippen LogP contribution in [-0.2, 0) is 11.2 Å². The summed E-state index contributed by atoms with van der Waals surface area (Å²) in [6.45, 7) is 0. The van der Waals surface area contributed by atoms with Crippen LogP contribution in [0.15, 0.2) is 67.0 Å². The zero-order chi connectivity index (χ0) is 16.9. The fourth-order valence-electron chi connectivity index (χ4n) is 2.23. The van der Waals surface area contributed by atoms with Crippen LogP contribution >= 0.6 is 0 Å². The zero-order valence-electron chi connectivity index (χ0n) is 12.6. The Labute approximate surface area is 137 Å². The van der Waals surface area contributed by atoms with Crippen LogP contribution in [-0.4, -0.2) is 20.6 Å². The van der Waals surface area contributed by atoms with Crippen molar-refractivity contribution in [2.45, 2.75) is 6.42 Å². The quantitative estimate of drug-likeness (QED) is 0.577. The molecule has 1 aromatic heterocycles. The number of carbonyl (C=O) groups excluding carboxylic acids is 1. The van der Waals surface area contributed by atoms with Crippen molar-refractivity contribution >= 4 is 17.3 Å². The largest absolute Gasteiger partial charge is 0.326 e. The smallest absolute Gasteiger partial charge is 0.269 e. The molecule has 0 radical (unpaired) electrons. The molecule has 0 unspecified atom stereocenters. The van der Waals surface area contributed by atoms with Crippen LogP contribution in [0.5, 0.6) is 0 Å². The Kier molecular flexibility index (Phi) is 4.33. The van der Waals surface area contributed by atoms with E-state index >= 15 is 0 Å². The van der Waals surface area contributed by atoms with Gasteiger partial charge in [-0.3, -0.25) is 14.9 Å². The van der Waals surface area contributed by atoms with Gasteiger partial charge in [-0.15, -0.1) is 0 Å². The number of nitro benzene ring substituents is 1. The number of para-hydroxylation sites is 1. The highest BCUT2D eigenvalue weighted by Crippen LogP contribution is 2.16. The summed E-state index contributed by atoms with van der Waals surface area (Å²) in [6.07, 6.45) is 3.61. The molecule has 2 aromatic carbocycles. The molecule has 0 spiro atoms. The molecular formula is C17H14N4O3. The maximum atomic E-state index is 12.1. The van der Waals surface area contributed by atoms with E-state index in [9.17, 15) is 14.9 Å². The van der Waals surface area contributed by atoms with Crippen molar-refractivity contribution in [1.29, 1.82) is 0 Å². The molecule has 0 aliphatic rings. The highest BCUT2D eigenvalue weighted by Gasteiger charge is 2.09. The van der Waals surface area contributed by atoms with Gasteiger partial charge in [0.2, 0.25) is 5.91 Å². The van der Waals surface area contributed by atoms with Crippen molar-refractivity contribution in [3.63, 3.8) is 0 Å². The first kappa shape index (κ1) is 15.4. The monoisotopic (exact) mass is 322 g/mol. The number of nitrogens with one attached hydrogen (secondary N) is 1. The lowest BCUT2D eigenvalue weighted by molar-refractivity contribution is -0.384. The molecule has 120 valence electrons. The molecule has 0 aliphatic carbocycles. The van der Waals surface area contributed by atoms with Gasteiger partial charge in [0, 0.05) is 24.0 Å². The molecule has 7 heteroatoms. The second kappa shape index (κ2) is 6.74. The Balaban J connectivity index is 1.63. The van der Waals surface area contributed by atoms with E-state index in [-0.39, 0.29) is 18.0 Å². The van der Waals surface area contributed by atoms with Gasteiger partial charge in [0.05, 0.1) is 23.2 Å². The Morgan fingerprint density at radius 3 is 2.50 bits per heavy atom. The lowest BCUT2D eigenvalue weighted by Gasteiger charge is -2.03. The average Bonchev–Trinajstić information content (AvgIpc) is 3.04. The van der Waals surface area contributed by atoms with Crippen LogP contribution in [0, 0.1) is 10.1 Å². The topological polar surface area (TPSA) is 90.1 Å². The fraction of sp³-hybridized carbons (Fsp3) is 0.0588. The molecule has 24 heavy (non-hydrogen) atoms. The summed E-state index contributed by atoms with van der Waals surface area (Å²) >= 11 is 0. The predicted molar refractivity (Wildman–Crippen MR) is 89.0 cm³/mol. The van der Waals surface area contributed by atoms with Crippen LogP contribution in [0.25, 0.3) is 5.69 Å². The van der Waals surface area contributed by atoms with E-state index in [0.29, 0.717) is 5.69 Å². The summed E-state index contributed by atoms with van der Waals surface area (Å²) in [5.41, 5.74) is 2.19. The first-order valence-corrected chi connectivity index (χ1v) is 7.25. The first-order chi connectivity index (χ1) is 11.6. The summed E-state index contributed by atoms with van der Waals surface area (Å²) in [4.78, 5) is 22.2. The number of nitrogens with zero attached hydrogens (tertiary/aromatic N) is 3. The standard InChI is InChI=1S/C17H14N4O3/c22-17(19-14-6-8-16(9-7-14)21(23)24)10-13-11-18-20(12-13)15-4-2-1-3-5-15/h1-9,11-12H,10H2,(H,19,22). The number of rotatable bonds is 5. The molecule has 0 atom stereocenters. The highest BCUT2D eigenvalue weighted by atomic mass is 16.6. The van der Waals surface area contributed by atoms with Gasteiger partial charge in [-0.05, 0) is 29.8 Å². The molecule has 0 saturated carbocycles. The normalized spacial score (nSPS) is 10.3. The van der Waals surface area contributed by atoms with Crippen molar-refractivity contribution in [3.8, 4) is 5.69 Å². The van der Waals surface area contributed by atoms with Crippen molar-refractivity contribution in [3.05, 3.63) is 82.7 Å². The number of nitro groups is 1.